The summed E-state index contributed by atoms with van der Waals surface area (Å²) in [6, 6.07) is -1.48. The second-order valence-corrected chi connectivity index (χ2v) is 16.3. The maximum absolute atomic E-state index is 12.6. The van der Waals surface area contributed by atoms with Crippen molar-refractivity contribution >= 4 is 19.8 Å². The quantitative estimate of drug-likeness (QED) is 0.0234. The van der Waals surface area contributed by atoms with Gasteiger partial charge in [-0.05, 0) is 57.8 Å². The largest absolute Gasteiger partial charge is 0.480 e. The van der Waals surface area contributed by atoms with E-state index in [4.69, 9.17) is 29.4 Å². The second-order valence-electron chi connectivity index (χ2n) is 14.8. The molecule has 330 valence electrons. The minimum atomic E-state index is -4.63. The summed E-state index contributed by atoms with van der Waals surface area (Å²) in [7, 11) is -4.63. The number of unbranched alkanes of at least 4 members (excludes halogenated alkanes) is 18. The molecule has 0 bridgehead atoms. The summed E-state index contributed by atoms with van der Waals surface area (Å²) in [5.41, 5.74) is 5.35. The van der Waals surface area contributed by atoms with Crippen LogP contribution in [0.5, 0.6) is 0 Å². The molecule has 3 atom stereocenters. The van der Waals surface area contributed by atoms with E-state index in [-0.39, 0.29) is 13.0 Å². The van der Waals surface area contributed by atoms with Crippen LogP contribution in [-0.2, 0) is 32.7 Å². The van der Waals surface area contributed by atoms with Crippen molar-refractivity contribution < 1.29 is 42.7 Å². The summed E-state index contributed by atoms with van der Waals surface area (Å²) in [5.74, 6) is -1.80. The Bertz CT molecular complexity index is 1140. The molecule has 57 heavy (non-hydrogen) atoms. The van der Waals surface area contributed by atoms with E-state index in [1.807, 2.05) is 0 Å². The number of carbonyl (C=O) groups is 2. The van der Waals surface area contributed by atoms with Crippen LogP contribution < -0.4 is 5.73 Å². The van der Waals surface area contributed by atoms with Gasteiger partial charge in [0.15, 0.2) is 0 Å². The Kier molecular flexibility index (Phi) is 40.1. The van der Waals surface area contributed by atoms with Gasteiger partial charge in [-0.2, -0.15) is 0 Å². The number of rotatable bonds is 42. The van der Waals surface area contributed by atoms with Crippen LogP contribution in [-0.4, -0.2) is 60.5 Å². The van der Waals surface area contributed by atoms with Gasteiger partial charge in [-0.15, -0.1) is 0 Å². The lowest BCUT2D eigenvalue weighted by molar-refractivity contribution is -0.154. The van der Waals surface area contributed by atoms with Crippen molar-refractivity contribution in [1.82, 2.24) is 0 Å². The average Bonchev–Trinajstić information content (AvgIpc) is 3.19. The van der Waals surface area contributed by atoms with Gasteiger partial charge in [0.25, 0.3) is 0 Å². The fraction of sp³-hybridized carbons (Fsp3) is 0.739. The third-order valence-electron chi connectivity index (χ3n) is 9.31. The average molecular weight is 824 g/mol. The molecule has 11 heteroatoms. The van der Waals surface area contributed by atoms with Crippen LogP contribution in [0.3, 0.4) is 0 Å². The Balaban J connectivity index is 4.30. The molecule has 0 aromatic rings. The van der Waals surface area contributed by atoms with Crippen molar-refractivity contribution in [2.24, 2.45) is 5.73 Å². The fourth-order valence-corrected chi connectivity index (χ4v) is 6.64. The van der Waals surface area contributed by atoms with Gasteiger partial charge in [-0.25, -0.2) is 4.57 Å². The Morgan fingerprint density at radius 3 is 1.49 bits per heavy atom. The number of carboxylic acid groups (broad SMARTS) is 1. The Morgan fingerprint density at radius 2 is 1.02 bits per heavy atom. The molecule has 0 amide bonds. The molecule has 0 aliphatic carbocycles. The van der Waals surface area contributed by atoms with E-state index in [9.17, 15) is 19.0 Å². The highest BCUT2D eigenvalue weighted by atomic mass is 31.2. The summed E-state index contributed by atoms with van der Waals surface area (Å²) >= 11 is 0. The molecule has 0 heterocycles. The van der Waals surface area contributed by atoms with Crippen LogP contribution in [0.4, 0.5) is 0 Å². The maximum atomic E-state index is 12.6. The minimum Gasteiger partial charge on any atom is -0.480 e. The van der Waals surface area contributed by atoms with Gasteiger partial charge < -0.3 is 25.2 Å². The van der Waals surface area contributed by atoms with E-state index in [2.05, 4.69) is 74.6 Å². The topological polar surface area (TPSA) is 155 Å². The van der Waals surface area contributed by atoms with E-state index >= 15 is 0 Å². The van der Waals surface area contributed by atoms with Crippen LogP contribution in [0.1, 0.15) is 181 Å². The number of carboxylic acids is 1. The molecule has 0 aromatic heterocycles. The Hall–Kier alpha value is -2.33. The second kappa shape index (κ2) is 41.8. The number of allylic oxidation sites excluding steroid dienone is 10. The molecule has 0 aromatic carbocycles. The van der Waals surface area contributed by atoms with Crippen molar-refractivity contribution in [3.8, 4) is 0 Å². The first-order valence-corrected chi connectivity index (χ1v) is 23.8. The van der Waals surface area contributed by atoms with Gasteiger partial charge >= 0.3 is 19.8 Å². The van der Waals surface area contributed by atoms with E-state index in [0.29, 0.717) is 13.0 Å². The maximum Gasteiger partial charge on any atom is 0.472 e. The minimum absolute atomic E-state index is 0.0128. The molecule has 3 unspecified atom stereocenters. The number of phosphoric acid groups is 1. The summed E-state index contributed by atoms with van der Waals surface area (Å²) < 4.78 is 33.3. The summed E-state index contributed by atoms with van der Waals surface area (Å²) in [6.45, 7) is 3.67. The Morgan fingerprint density at radius 1 is 0.579 bits per heavy atom. The van der Waals surface area contributed by atoms with Crippen molar-refractivity contribution in [2.45, 2.75) is 193 Å². The molecule has 0 saturated carbocycles. The van der Waals surface area contributed by atoms with Crippen molar-refractivity contribution in [2.75, 3.05) is 26.4 Å². The summed E-state index contributed by atoms with van der Waals surface area (Å²) in [5, 5.41) is 8.90. The molecule has 0 rings (SSSR count). The highest BCUT2D eigenvalue weighted by Gasteiger charge is 2.27. The predicted molar refractivity (Wildman–Crippen MR) is 235 cm³/mol. The monoisotopic (exact) mass is 824 g/mol. The Labute approximate surface area is 347 Å². The fourth-order valence-electron chi connectivity index (χ4n) is 5.87. The summed E-state index contributed by atoms with van der Waals surface area (Å²) in [4.78, 5) is 33.6. The standard InChI is InChI=1S/C46H82NO9P/c1-3-5-7-9-11-13-15-17-19-21-23-25-27-29-31-33-35-37-39-53-40-43(41-54-57(51,52)55-42-44(47)46(49)50)56-45(48)38-36-34-32-30-28-26-24-22-20-18-16-14-12-10-8-6-4-2/h5,7,11,13,17,19,23,25,29,31,43-44H,3-4,6,8-10,12,14-16,18,20-22,24,26-28,30,32-42,47H2,1-2H3,(H,49,50)(H,51,52)/b7-5-,13-11-,19-17-,25-23-,31-29-. The first kappa shape index (κ1) is 54.7. The van der Waals surface area contributed by atoms with Crippen LogP contribution >= 0.6 is 7.82 Å². The highest BCUT2D eigenvalue weighted by molar-refractivity contribution is 7.47. The zero-order valence-corrected chi connectivity index (χ0v) is 36.8. The smallest absolute Gasteiger partial charge is 0.472 e. The van der Waals surface area contributed by atoms with Gasteiger partial charge in [0.1, 0.15) is 12.1 Å². The third-order valence-corrected chi connectivity index (χ3v) is 10.3. The molecular weight excluding hydrogens is 741 g/mol. The van der Waals surface area contributed by atoms with E-state index in [1.165, 1.54) is 83.5 Å². The van der Waals surface area contributed by atoms with Gasteiger partial charge in [0.2, 0.25) is 0 Å². The third kappa shape index (κ3) is 41.6. The SMILES string of the molecule is CC/C=C\C/C=C\C/C=C\C/C=C\C/C=C\CCCCOCC(COP(=O)(O)OCC(N)C(=O)O)OC(=O)CCCCCCCCCCCCCCCCCCC. The van der Waals surface area contributed by atoms with Crippen molar-refractivity contribution in [3.05, 3.63) is 60.8 Å². The number of hydrogen-bond donors (Lipinski definition) is 3. The molecule has 0 aliphatic rings. The van der Waals surface area contributed by atoms with Gasteiger partial charge in [0.05, 0.1) is 19.8 Å². The molecule has 0 fully saturated rings. The summed E-state index contributed by atoms with van der Waals surface area (Å²) in [6.07, 6.45) is 49.9. The van der Waals surface area contributed by atoms with Crippen LogP contribution in [0, 0.1) is 0 Å². The molecule has 0 aliphatic heterocycles. The zero-order chi connectivity index (χ0) is 41.9. The van der Waals surface area contributed by atoms with Gasteiger partial charge in [0, 0.05) is 13.0 Å². The van der Waals surface area contributed by atoms with E-state index in [1.54, 1.807) is 0 Å². The number of carbonyl (C=O) groups excluding carboxylic acids is 1. The lowest BCUT2D eigenvalue weighted by Gasteiger charge is -2.20. The van der Waals surface area contributed by atoms with Gasteiger partial charge in [-0.1, -0.05) is 177 Å². The normalized spacial score (nSPS) is 14.5. The highest BCUT2D eigenvalue weighted by Crippen LogP contribution is 2.43. The number of aliphatic carboxylic acids is 1. The first-order valence-electron chi connectivity index (χ1n) is 22.3. The molecule has 0 saturated heterocycles. The van der Waals surface area contributed by atoms with Crippen LogP contribution in [0.25, 0.3) is 0 Å². The van der Waals surface area contributed by atoms with E-state index in [0.717, 1.165) is 70.6 Å². The first-order chi connectivity index (χ1) is 27.7. The number of hydrogen-bond acceptors (Lipinski definition) is 8. The van der Waals surface area contributed by atoms with Crippen LogP contribution in [0.15, 0.2) is 60.8 Å². The van der Waals surface area contributed by atoms with E-state index < -0.39 is 45.1 Å². The number of ether oxygens (including phenoxy) is 2. The lowest BCUT2D eigenvalue weighted by atomic mass is 10.0. The molecular formula is C46H82NO9P. The molecule has 10 nitrogen and oxygen atoms in total. The van der Waals surface area contributed by atoms with Gasteiger partial charge in [-0.3, -0.25) is 18.6 Å². The molecule has 0 spiro atoms. The predicted octanol–water partition coefficient (Wildman–Crippen LogP) is 12.4. The van der Waals surface area contributed by atoms with Crippen LogP contribution in [0.2, 0.25) is 0 Å². The number of esters is 1. The number of nitrogens with two attached hydrogens (primary N) is 1. The molecule has 4 N–H and O–H groups in total. The molecule has 0 radical (unpaired) electrons. The number of phosphoric ester groups is 1. The van der Waals surface area contributed by atoms with Crippen molar-refractivity contribution in [3.63, 3.8) is 0 Å². The lowest BCUT2D eigenvalue weighted by Crippen LogP contribution is -2.34. The zero-order valence-electron chi connectivity index (χ0n) is 35.9. The van der Waals surface area contributed by atoms with Crippen molar-refractivity contribution in [1.29, 1.82) is 0 Å².